The highest BCUT2D eigenvalue weighted by atomic mass is 16.5. The topological polar surface area (TPSA) is 152 Å². The lowest BCUT2D eigenvalue weighted by molar-refractivity contribution is 0.474. The first kappa shape index (κ1) is 60.3. The van der Waals surface area contributed by atoms with Crippen LogP contribution in [0.15, 0.2) is 328 Å². The van der Waals surface area contributed by atoms with E-state index in [2.05, 4.69) is 120 Å². The summed E-state index contributed by atoms with van der Waals surface area (Å²) in [7, 11) is 0. The smallest absolute Gasteiger partial charge is 0.159 e. The van der Waals surface area contributed by atoms with Gasteiger partial charge in [-0.3, -0.25) is 0 Å². The van der Waals surface area contributed by atoms with Crippen LogP contribution in [-0.2, 0) is 0 Å². The molecule has 13 aromatic carbocycles. The number of nitrogens with zero attached hydrogens (tertiary/aromatic N) is 12. The third-order valence-electron chi connectivity index (χ3n) is 20.0. The minimum Gasteiger partial charge on any atom is -0.453 e. The lowest BCUT2D eigenvalue weighted by atomic mass is 10.0. The van der Waals surface area contributed by atoms with E-state index in [0.717, 1.165) is 137 Å². The first-order valence-electron chi connectivity index (χ1n) is 35.2. The highest BCUT2D eigenvalue weighted by molar-refractivity contribution is 5.96. The normalized spacial score (nSPS) is 13.3. The van der Waals surface area contributed by atoms with Crippen LogP contribution in [-0.4, -0.2) is 29.9 Å². The first-order chi connectivity index (χ1) is 53.5. The Morgan fingerprint density at radius 3 is 0.528 bits per heavy atom. The second-order valence-corrected chi connectivity index (χ2v) is 26.4. The summed E-state index contributed by atoms with van der Waals surface area (Å²) in [6, 6.07) is 97.1. The molecule has 0 amide bonds. The highest BCUT2D eigenvalue weighted by Gasteiger charge is 2.36. The molecule has 3 aromatic heterocycles. The van der Waals surface area contributed by atoms with Gasteiger partial charge in [-0.25, -0.2) is 29.9 Å². The zero-order valence-electron chi connectivity index (χ0n) is 57.0. The monoisotopic (exact) mass is 1400 g/mol. The summed E-state index contributed by atoms with van der Waals surface area (Å²) in [5.74, 6) is 9.90. The quantitative estimate of drug-likeness (QED) is 0.135. The van der Waals surface area contributed by atoms with E-state index in [9.17, 15) is 0 Å². The van der Waals surface area contributed by atoms with Crippen LogP contribution in [0.3, 0.4) is 0 Å². The average molecular weight is 1400 g/mol. The molecule has 9 heterocycles. The number of aromatic nitrogens is 6. The fourth-order valence-corrected chi connectivity index (χ4v) is 15.2. The molecule has 18 nitrogen and oxygen atoms in total. The van der Waals surface area contributed by atoms with E-state index in [1.807, 2.05) is 237 Å². The van der Waals surface area contributed by atoms with Gasteiger partial charge in [0.1, 0.15) is 0 Å². The van der Waals surface area contributed by atoms with Crippen molar-refractivity contribution in [3.63, 3.8) is 0 Å². The van der Waals surface area contributed by atoms with Crippen molar-refractivity contribution in [3.05, 3.63) is 328 Å². The molecule has 18 heteroatoms. The van der Waals surface area contributed by atoms with Gasteiger partial charge < -0.3 is 57.8 Å². The Morgan fingerprint density at radius 2 is 0.324 bits per heavy atom. The van der Waals surface area contributed by atoms with Crippen LogP contribution >= 0.6 is 0 Å². The van der Waals surface area contributed by atoms with Crippen molar-refractivity contribution in [1.82, 2.24) is 29.9 Å². The van der Waals surface area contributed by atoms with E-state index in [0.29, 0.717) is 68.7 Å². The van der Waals surface area contributed by atoms with Gasteiger partial charge in [0.2, 0.25) is 0 Å². The molecule has 0 bridgehead atoms. The van der Waals surface area contributed by atoms with Crippen LogP contribution in [0.25, 0.3) is 34.2 Å². The zero-order chi connectivity index (χ0) is 70.9. The van der Waals surface area contributed by atoms with Crippen LogP contribution in [0.5, 0.6) is 69.0 Å². The molecule has 108 heavy (non-hydrogen) atoms. The fourth-order valence-electron chi connectivity index (χ4n) is 15.2. The molecule has 0 fully saturated rings. The predicted molar refractivity (Wildman–Crippen MR) is 418 cm³/mol. The molecule has 22 rings (SSSR count). The van der Waals surface area contributed by atoms with Gasteiger partial charge in [0.25, 0.3) is 0 Å². The Morgan fingerprint density at radius 1 is 0.157 bits per heavy atom. The molecule has 510 valence electrons. The van der Waals surface area contributed by atoms with E-state index < -0.39 is 0 Å². The number of ether oxygens (including phenoxy) is 6. The van der Waals surface area contributed by atoms with Gasteiger partial charge in [-0.1, -0.05) is 109 Å². The summed E-state index contributed by atoms with van der Waals surface area (Å²) in [5.41, 5.74) is 17.4. The number of hydrogen-bond donors (Lipinski definition) is 0. The fraction of sp³-hybridized carbons (Fsp3) is 0. The van der Waals surface area contributed by atoms with Crippen molar-refractivity contribution in [3.8, 4) is 103 Å². The number of fused-ring (bicyclic) bond motifs is 12. The molecule has 6 aliphatic rings. The molecule has 0 unspecified atom stereocenters. The molecular formula is C90H54N12O6. The zero-order valence-corrected chi connectivity index (χ0v) is 57.0. The van der Waals surface area contributed by atoms with Gasteiger partial charge in [-0.2, -0.15) is 0 Å². The maximum absolute atomic E-state index is 6.78. The first-order valence-corrected chi connectivity index (χ1v) is 35.2. The summed E-state index contributed by atoms with van der Waals surface area (Å²) >= 11 is 0. The summed E-state index contributed by atoms with van der Waals surface area (Å²) in [4.78, 5) is 44.1. The Labute approximate surface area is 618 Å². The van der Waals surface area contributed by atoms with Gasteiger partial charge in [-0.15, -0.1) is 0 Å². The average Bonchev–Trinajstić information content (AvgIpc) is 0.749. The number of hydrogen-bond acceptors (Lipinski definition) is 18. The molecule has 0 radical (unpaired) electrons. The van der Waals surface area contributed by atoms with Crippen molar-refractivity contribution in [2.75, 3.05) is 29.4 Å². The molecule has 0 saturated carbocycles. The molecule has 0 N–H and O–H groups in total. The van der Waals surface area contributed by atoms with Gasteiger partial charge in [0.15, 0.2) is 86.5 Å². The van der Waals surface area contributed by atoms with E-state index in [4.69, 9.17) is 58.3 Å². The van der Waals surface area contributed by atoms with Crippen molar-refractivity contribution in [2.24, 2.45) is 0 Å². The van der Waals surface area contributed by atoms with Crippen LogP contribution in [0, 0.1) is 0 Å². The largest absolute Gasteiger partial charge is 0.453 e. The van der Waals surface area contributed by atoms with Crippen molar-refractivity contribution in [2.45, 2.75) is 0 Å². The van der Waals surface area contributed by atoms with Crippen LogP contribution in [0.4, 0.5) is 102 Å². The SMILES string of the molecule is c1ccc2c(c1)Oc1ccccc1N2c1ccc2c(c1)Oc1ccccc1N2c1cnc(-c2cc(-c3ncc(N4c5ccccc5Oc5cc(N6c7ccccc7Oc7ccccc76)ccc54)cn3)cc(-c3ncc(N4c5ccccc5Oc5cc(N6c7ccccc7Oc7ccccc76)ccc54)cn3)c2)nc1. The Hall–Kier alpha value is -15.3. The maximum Gasteiger partial charge on any atom is 0.159 e. The summed E-state index contributed by atoms with van der Waals surface area (Å²) in [5, 5.41) is 0. The molecule has 0 aliphatic carbocycles. The van der Waals surface area contributed by atoms with Gasteiger partial charge in [0.05, 0.1) is 140 Å². The lowest BCUT2D eigenvalue weighted by Crippen LogP contribution is -2.18. The van der Waals surface area contributed by atoms with Crippen molar-refractivity contribution >= 4 is 102 Å². The van der Waals surface area contributed by atoms with Crippen LogP contribution in [0.2, 0.25) is 0 Å². The minimum absolute atomic E-state index is 0.451. The van der Waals surface area contributed by atoms with Gasteiger partial charge in [0, 0.05) is 34.9 Å². The third-order valence-corrected chi connectivity index (χ3v) is 20.0. The number of para-hydroxylation sites is 18. The van der Waals surface area contributed by atoms with E-state index in [1.54, 1.807) is 0 Å². The standard InChI is InChI=1S/C90H54N12O6/c1-10-28-76-64(19-1)97(65-20-2-11-29-77(65)103-76)58-37-40-73-85(46-58)106-82-34-16-7-25-70(82)100(73)61-49-91-88(92-50-61)55-43-56(89-93-51-62(52-94-89)101-71-26-8-17-35-83(71)107-86-47-59(38-41-74(86)101)98-66-21-3-12-30-78(66)104-79-31-13-4-22-67(79)98)45-57(44-55)90-95-53-63(54-96-90)102-72-27-9-18-36-84(72)108-87-48-60(39-42-75(87)102)99-68-23-5-14-32-80(68)105-81-33-15-6-24-69(81)99/h1-54H. The summed E-state index contributed by atoms with van der Waals surface area (Å²) in [6.45, 7) is 0. The number of anilines is 18. The second kappa shape index (κ2) is 24.2. The van der Waals surface area contributed by atoms with Crippen LogP contribution < -0.4 is 57.8 Å². The third kappa shape index (κ3) is 9.81. The molecule has 0 saturated heterocycles. The highest BCUT2D eigenvalue weighted by Crippen LogP contribution is 2.60. The van der Waals surface area contributed by atoms with Gasteiger partial charge >= 0.3 is 0 Å². The number of rotatable bonds is 9. The Kier molecular flexibility index (Phi) is 13.5. The minimum atomic E-state index is 0.451. The van der Waals surface area contributed by atoms with Crippen LogP contribution in [0.1, 0.15) is 0 Å². The summed E-state index contributed by atoms with van der Waals surface area (Å²) in [6.07, 6.45) is 11.1. The van der Waals surface area contributed by atoms with E-state index >= 15 is 0 Å². The van der Waals surface area contributed by atoms with Crippen molar-refractivity contribution in [1.29, 1.82) is 0 Å². The molecule has 0 spiro atoms. The second-order valence-electron chi connectivity index (χ2n) is 26.4. The number of benzene rings is 13. The molecular weight excluding hydrogens is 1350 g/mol. The molecule has 16 aromatic rings. The maximum atomic E-state index is 6.78. The lowest BCUT2D eigenvalue weighted by Gasteiger charge is -2.35. The molecule has 0 atom stereocenters. The van der Waals surface area contributed by atoms with Gasteiger partial charge in [-0.05, 0) is 164 Å². The molecule has 6 aliphatic heterocycles. The Balaban J connectivity index is 0.635. The van der Waals surface area contributed by atoms with Crippen molar-refractivity contribution < 1.29 is 28.4 Å². The predicted octanol–water partition coefficient (Wildman–Crippen LogP) is 24.5. The van der Waals surface area contributed by atoms with E-state index in [-0.39, 0.29) is 0 Å². The summed E-state index contributed by atoms with van der Waals surface area (Å²) < 4.78 is 39.5. The Bertz CT molecular complexity index is 5610. The van der Waals surface area contributed by atoms with E-state index in [1.165, 1.54) is 0 Å².